The van der Waals surface area contributed by atoms with E-state index in [-0.39, 0.29) is 17.6 Å². The molecule has 2 nitrogen and oxygen atoms in total. The summed E-state index contributed by atoms with van der Waals surface area (Å²) in [5, 5.41) is 0. The molecule has 1 saturated carbocycles. The maximum Gasteiger partial charge on any atom is 0.139 e. The molecule has 0 unspecified atom stereocenters. The Balaban J connectivity index is 2.07. The molecule has 3 rings (SSSR count). The lowest BCUT2D eigenvalue weighted by Gasteiger charge is -2.46. The zero-order chi connectivity index (χ0) is 8.34. The lowest BCUT2D eigenvalue weighted by Crippen LogP contribution is -2.51. The molecule has 2 heterocycles. The molecule has 4 atom stereocenters. The molecule has 0 radical (unpaired) electrons. The first kappa shape index (κ1) is 6.84. The topological polar surface area (TPSA) is 26.3 Å². The molecule has 2 heteroatoms. The van der Waals surface area contributed by atoms with Gasteiger partial charge in [0.15, 0.2) is 0 Å². The van der Waals surface area contributed by atoms with Gasteiger partial charge in [0, 0.05) is 5.92 Å². The van der Waals surface area contributed by atoms with Gasteiger partial charge in [-0.1, -0.05) is 12.2 Å². The average molecular weight is 164 g/mol. The number of ketones is 1. The van der Waals surface area contributed by atoms with Crippen LogP contribution in [0.4, 0.5) is 0 Å². The molecule has 0 aromatic rings. The van der Waals surface area contributed by atoms with Crippen molar-refractivity contribution in [2.75, 3.05) is 0 Å². The molecule has 12 heavy (non-hydrogen) atoms. The lowest BCUT2D eigenvalue weighted by atomic mass is 9.54. The highest BCUT2D eigenvalue weighted by Gasteiger charge is 2.65. The van der Waals surface area contributed by atoms with Crippen LogP contribution in [0.2, 0.25) is 0 Å². The molecule has 2 fully saturated rings. The fourth-order valence-electron chi connectivity index (χ4n) is 3.06. The summed E-state index contributed by atoms with van der Waals surface area (Å²) in [6.07, 6.45) is 6.77. The van der Waals surface area contributed by atoms with Crippen LogP contribution >= 0.6 is 0 Å². The van der Waals surface area contributed by atoms with Crippen LogP contribution in [0.5, 0.6) is 0 Å². The van der Waals surface area contributed by atoms with E-state index in [9.17, 15) is 4.79 Å². The molecule has 1 aliphatic carbocycles. The van der Waals surface area contributed by atoms with Crippen molar-refractivity contribution in [2.45, 2.75) is 32.0 Å². The van der Waals surface area contributed by atoms with Crippen molar-refractivity contribution in [1.82, 2.24) is 0 Å². The molecule has 3 aliphatic rings. The van der Waals surface area contributed by atoms with Gasteiger partial charge in [0.1, 0.15) is 5.78 Å². The highest BCUT2D eigenvalue weighted by Crippen LogP contribution is 2.61. The molecule has 2 bridgehead atoms. The van der Waals surface area contributed by atoms with Gasteiger partial charge in [0.05, 0.1) is 17.6 Å². The predicted octanol–water partition coefficient (Wildman–Crippen LogP) is 1.31. The van der Waals surface area contributed by atoms with Crippen LogP contribution in [0.1, 0.15) is 19.8 Å². The van der Waals surface area contributed by atoms with Crippen molar-refractivity contribution in [3.63, 3.8) is 0 Å². The highest BCUT2D eigenvalue weighted by atomic mass is 16.5. The van der Waals surface area contributed by atoms with Crippen LogP contribution in [0.15, 0.2) is 12.2 Å². The van der Waals surface area contributed by atoms with Gasteiger partial charge in [-0.05, 0) is 19.8 Å². The van der Waals surface area contributed by atoms with Gasteiger partial charge in [-0.15, -0.1) is 0 Å². The first-order valence-corrected chi connectivity index (χ1v) is 4.60. The normalized spacial score (nSPS) is 53.6. The summed E-state index contributed by atoms with van der Waals surface area (Å²) in [6, 6.07) is 0. The molecular weight excluding hydrogens is 152 g/mol. The molecular formula is C10H12O2. The first-order valence-electron chi connectivity index (χ1n) is 4.60. The van der Waals surface area contributed by atoms with Crippen LogP contribution in [0.25, 0.3) is 0 Å². The van der Waals surface area contributed by atoms with Crippen molar-refractivity contribution < 1.29 is 9.53 Å². The third-order valence-corrected chi connectivity index (χ3v) is 3.87. The van der Waals surface area contributed by atoms with Gasteiger partial charge >= 0.3 is 0 Å². The first-order chi connectivity index (χ1) is 5.75. The maximum atomic E-state index is 11.5. The fourth-order valence-corrected chi connectivity index (χ4v) is 3.06. The van der Waals surface area contributed by atoms with Crippen LogP contribution in [0, 0.1) is 11.3 Å². The Bertz CT molecular complexity index is 282. The second-order valence-corrected chi connectivity index (χ2v) is 4.15. The third-order valence-electron chi connectivity index (χ3n) is 3.87. The third kappa shape index (κ3) is 0.496. The summed E-state index contributed by atoms with van der Waals surface area (Å²) in [5.74, 6) is 0.834. The van der Waals surface area contributed by atoms with E-state index in [0.29, 0.717) is 11.7 Å². The number of hydrogen-bond acceptors (Lipinski definition) is 2. The predicted molar refractivity (Wildman–Crippen MR) is 43.6 cm³/mol. The van der Waals surface area contributed by atoms with Crippen molar-refractivity contribution in [3.8, 4) is 0 Å². The molecule has 64 valence electrons. The minimum atomic E-state index is -0.0978. The monoisotopic (exact) mass is 164 g/mol. The quantitative estimate of drug-likeness (QED) is 0.546. The summed E-state index contributed by atoms with van der Waals surface area (Å²) in [4.78, 5) is 11.5. The Morgan fingerprint density at radius 2 is 2.42 bits per heavy atom. The van der Waals surface area contributed by atoms with E-state index in [0.717, 1.165) is 6.42 Å². The number of rotatable bonds is 1. The minimum Gasteiger partial charge on any atom is -0.365 e. The molecule has 0 N–H and O–H groups in total. The summed E-state index contributed by atoms with van der Waals surface area (Å²) >= 11 is 0. The van der Waals surface area contributed by atoms with Gasteiger partial charge in [0.25, 0.3) is 0 Å². The van der Waals surface area contributed by atoms with Crippen molar-refractivity contribution in [1.29, 1.82) is 0 Å². The number of Topliss-reactive ketones (excluding diaryl/α,β-unsaturated/α-hetero) is 1. The minimum absolute atomic E-state index is 0.0978. The number of fused-ring (bicyclic) bond motifs is 5. The number of carbonyl (C=O) groups is 1. The molecule has 1 saturated heterocycles. The smallest absolute Gasteiger partial charge is 0.139 e. The largest absolute Gasteiger partial charge is 0.365 e. The van der Waals surface area contributed by atoms with Crippen LogP contribution < -0.4 is 0 Å². The van der Waals surface area contributed by atoms with Crippen LogP contribution in [-0.4, -0.2) is 18.0 Å². The number of hydrogen-bond donors (Lipinski definition) is 0. The van der Waals surface area contributed by atoms with E-state index in [1.165, 1.54) is 6.42 Å². The van der Waals surface area contributed by atoms with Gasteiger partial charge < -0.3 is 4.74 Å². The van der Waals surface area contributed by atoms with E-state index < -0.39 is 0 Å². The fraction of sp³-hybridized carbons (Fsp3) is 0.700. The Kier molecular flexibility index (Phi) is 1.04. The van der Waals surface area contributed by atoms with E-state index in [1.807, 2.05) is 0 Å². The Morgan fingerprint density at radius 1 is 1.58 bits per heavy atom. The number of ether oxygens (including phenoxy) is 1. The van der Waals surface area contributed by atoms with Crippen LogP contribution in [0.3, 0.4) is 0 Å². The zero-order valence-corrected chi connectivity index (χ0v) is 7.12. The summed E-state index contributed by atoms with van der Waals surface area (Å²) in [5.41, 5.74) is -0.0978. The summed E-state index contributed by atoms with van der Waals surface area (Å²) < 4.78 is 5.69. The Labute approximate surface area is 71.6 Å². The molecule has 0 aromatic carbocycles. The van der Waals surface area contributed by atoms with E-state index in [4.69, 9.17) is 4.74 Å². The van der Waals surface area contributed by atoms with Gasteiger partial charge in [-0.2, -0.15) is 0 Å². The lowest BCUT2D eigenvalue weighted by molar-refractivity contribution is -0.136. The van der Waals surface area contributed by atoms with E-state index >= 15 is 0 Å². The van der Waals surface area contributed by atoms with Gasteiger partial charge in [-0.25, -0.2) is 0 Å². The second-order valence-electron chi connectivity index (χ2n) is 4.15. The number of carbonyl (C=O) groups excluding carboxylic acids is 1. The van der Waals surface area contributed by atoms with Gasteiger partial charge in [-0.3, -0.25) is 4.79 Å². The second kappa shape index (κ2) is 1.82. The summed E-state index contributed by atoms with van der Waals surface area (Å²) in [6.45, 7) is 1.71. The van der Waals surface area contributed by atoms with Crippen molar-refractivity contribution in [2.24, 2.45) is 11.3 Å². The molecule has 2 aliphatic heterocycles. The maximum absolute atomic E-state index is 11.5. The molecule has 0 spiro atoms. The van der Waals surface area contributed by atoms with E-state index in [1.54, 1.807) is 6.92 Å². The standard InChI is InChI=1S/C10H12O2/c1-6(11)10-5-4-7(10)8-2-3-9(10)12-8/h2-3,7-9H,4-5H2,1H3/t7-,8-,9+,10+/m0/s1. The Morgan fingerprint density at radius 3 is 2.83 bits per heavy atom. The zero-order valence-electron chi connectivity index (χ0n) is 7.12. The molecule has 0 aromatic heterocycles. The summed E-state index contributed by atoms with van der Waals surface area (Å²) in [7, 11) is 0. The van der Waals surface area contributed by atoms with Crippen molar-refractivity contribution >= 4 is 5.78 Å². The van der Waals surface area contributed by atoms with Crippen LogP contribution in [-0.2, 0) is 9.53 Å². The van der Waals surface area contributed by atoms with Crippen molar-refractivity contribution in [3.05, 3.63) is 12.2 Å². The van der Waals surface area contributed by atoms with Gasteiger partial charge in [0.2, 0.25) is 0 Å². The average Bonchev–Trinajstić information content (AvgIpc) is 2.40. The Hall–Kier alpha value is -0.630. The molecule has 0 amide bonds. The highest BCUT2D eigenvalue weighted by molar-refractivity contribution is 5.85. The SMILES string of the molecule is CC(=O)[C@]12CC[C@H]1[C@@H]1C=C[C@H]2O1. The van der Waals surface area contributed by atoms with E-state index in [2.05, 4.69) is 12.2 Å².